The zero-order chi connectivity index (χ0) is 13.8. The average Bonchev–Trinajstić information content (AvgIpc) is 2.39. The van der Waals surface area contributed by atoms with Crippen molar-refractivity contribution in [1.29, 1.82) is 0 Å². The first-order valence-electron chi connectivity index (χ1n) is 6.47. The van der Waals surface area contributed by atoms with E-state index in [4.69, 9.17) is 0 Å². The van der Waals surface area contributed by atoms with Gasteiger partial charge < -0.3 is 15.2 Å². The summed E-state index contributed by atoms with van der Waals surface area (Å²) in [6.07, 6.45) is 1.94. The SMILES string of the molecule is CCN(C(=O)c1cc(=O)[nH]c(=O)[nH]1)C1CCCNC1. The van der Waals surface area contributed by atoms with Crippen molar-refractivity contribution in [1.82, 2.24) is 20.2 Å². The highest BCUT2D eigenvalue weighted by Gasteiger charge is 2.25. The van der Waals surface area contributed by atoms with Crippen molar-refractivity contribution in [3.8, 4) is 0 Å². The van der Waals surface area contributed by atoms with E-state index in [0.717, 1.165) is 32.0 Å². The van der Waals surface area contributed by atoms with E-state index in [2.05, 4.69) is 15.3 Å². The lowest BCUT2D eigenvalue weighted by Crippen LogP contribution is -2.49. The lowest BCUT2D eigenvalue weighted by atomic mass is 10.1. The van der Waals surface area contributed by atoms with Gasteiger partial charge in [-0.1, -0.05) is 0 Å². The summed E-state index contributed by atoms with van der Waals surface area (Å²) in [5, 5.41) is 3.24. The molecule has 1 fully saturated rings. The van der Waals surface area contributed by atoms with Crippen molar-refractivity contribution in [2.75, 3.05) is 19.6 Å². The van der Waals surface area contributed by atoms with Crippen LogP contribution in [0.25, 0.3) is 0 Å². The van der Waals surface area contributed by atoms with E-state index in [1.807, 2.05) is 6.92 Å². The van der Waals surface area contributed by atoms with Gasteiger partial charge in [0.25, 0.3) is 11.5 Å². The number of nitrogens with zero attached hydrogens (tertiary/aromatic N) is 1. The lowest BCUT2D eigenvalue weighted by molar-refractivity contribution is 0.0655. The van der Waals surface area contributed by atoms with Crippen molar-refractivity contribution in [2.24, 2.45) is 0 Å². The molecule has 1 aliphatic heterocycles. The molecular formula is C12H18N4O3. The normalized spacial score (nSPS) is 19.1. The van der Waals surface area contributed by atoms with Gasteiger partial charge in [0.15, 0.2) is 0 Å². The van der Waals surface area contributed by atoms with Crippen LogP contribution in [-0.2, 0) is 0 Å². The number of hydrogen-bond donors (Lipinski definition) is 3. The molecule has 1 amide bonds. The fourth-order valence-electron chi connectivity index (χ4n) is 2.41. The van der Waals surface area contributed by atoms with Crippen LogP contribution in [0.15, 0.2) is 15.7 Å². The molecule has 1 aromatic rings. The largest absolute Gasteiger partial charge is 0.333 e. The molecule has 7 nitrogen and oxygen atoms in total. The molecule has 1 unspecified atom stereocenters. The number of hydrogen-bond acceptors (Lipinski definition) is 4. The Kier molecular flexibility index (Phi) is 4.16. The maximum Gasteiger partial charge on any atom is 0.326 e. The molecule has 0 aliphatic carbocycles. The van der Waals surface area contributed by atoms with Crippen molar-refractivity contribution in [3.05, 3.63) is 32.6 Å². The molecule has 1 saturated heterocycles. The highest BCUT2D eigenvalue weighted by atomic mass is 16.2. The minimum Gasteiger partial charge on any atom is -0.333 e. The van der Waals surface area contributed by atoms with E-state index in [-0.39, 0.29) is 17.6 Å². The summed E-state index contributed by atoms with van der Waals surface area (Å²) < 4.78 is 0. The van der Waals surface area contributed by atoms with Crippen LogP contribution in [0.5, 0.6) is 0 Å². The van der Waals surface area contributed by atoms with Gasteiger partial charge in [-0.3, -0.25) is 14.6 Å². The summed E-state index contributed by atoms with van der Waals surface area (Å²) in [6.45, 7) is 4.13. The number of piperidine rings is 1. The molecule has 1 aromatic heterocycles. The lowest BCUT2D eigenvalue weighted by Gasteiger charge is -2.33. The number of carbonyl (C=O) groups excluding carboxylic acids is 1. The molecule has 2 rings (SSSR count). The van der Waals surface area contributed by atoms with Gasteiger partial charge in [-0.15, -0.1) is 0 Å². The highest BCUT2D eigenvalue weighted by Crippen LogP contribution is 2.12. The third-order valence-corrected chi connectivity index (χ3v) is 3.30. The molecular weight excluding hydrogens is 248 g/mol. The number of amides is 1. The minimum absolute atomic E-state index is 0.0428. The maximum atomic E-state index is 12.4. The second kappa shape index (κ2) is 5.83. The van der Waals surface area contributed by atoms with E-state index in [0.29, 0.717) is 6.54 Å². The van der Waals surface area contributed by atoms with Crippen molar-refractivity contribution >= 4 is 5.91 Å². The van der Waals surface area contributed by atoms with Gasteiger partial charge in [-0.25, -0.2) is 4.79 Å². The zero-order valence-electron chi connectivity index (χ0n) is 10.9. The Hall–Kier alpha value is -1.89. The zero-order valence-corrected chi connectivity index (χ0v) is 10.9. The summed E-state index contributed by atoms with van der Waals surface area (Å²) >= 11 is 0. The Morgan fingerprint density at radius 3 is 2.79 bits per heavy atom. The molecule has 0 bridgehead atoms. The quantitative estimate of drug-likeness (QED) is 0.672. The summed E-state index contributed by atoms with van der Waals surface area (Å²) in [7, 11) is 0. The van der Waals surface area contributed by atoms with E-state index in [1.165, 1.54) is 0 Å². The molecule has 1 aliphatic rings. The Balaban J connectivity index is 2.24. The maximum absolute atomic E-state index is 12.4. The van der Waals surface area contributed by atoms with Crippen LogP contribution in [0.4, 0.5) is 0 Å². The van der Waals surface area contributed by atoms with E-state index in [1.54, 1.807) is 4.90 Å². The predicted molar refractivity (Wildman–Crippen MR) is 70.3 cm³/mol. The molecule has 0 aromatic carbocycles. The van der Waals surface area contributed by atoms with Gasteiger partial charge in [0.2, 0.25) is 0 Å². The fourth-order valence-corrected chi connectivity index (χ4v) is 2.41. The van der Waals surface area contributed by atoms with Crippen LogP contribution < -0.4 is 16.6 Å². The highest BCUT2D eigenvalue weighted by molar-refractivity contribution is 5.92. The van der Waals surface area contributed by atoms with Gasteiger partial charge >= 0.3 is 5.69 Å². The van der Waals surface area contributed by atoms with Gasteiger partial charge in [0.05, 0.1) is 0 Å². The van der Waals surface area contributed by atoms with Crippen LogP contribution in [0.2, 0.25) is 0 Å². The van der Waals surface area contributed by atoms with E-state index in [9.17, 15) is 14.4 Å². The van der Waals surface area contributed by atoms with E-state index < -0.39 is 11.2 Å². The van der Waals surface area contributed by atoms with Crippen molar-refractivity contribution in [3.63, 3.8) is 0 Å². The van der Waals surface area contributed by atoms with Gasteiger partial charge in [0.1, 0.15) is 5.69 Å². The standard InChI is InChI=1S/C12H18N4O3/c1-2-16(8-4-3-5-13-7-8)11(18)9-6-10(17)15-12(19)14-9/h6,8,13H,2-5,7H2,1H3,(H2,14,15,17,19). The van der Waals surface area contributed by atoms with E-state index >= 15 is 0 Å². The fraction of sp³-hybridized carbons (Fsp3) is 0.583. The average molecular weight is 266 g/mol. The topological polar surface area (TPSA) is 98.1 Å². The molecule has 19 heavy (non-hydrogen) atoms. The number of nitrogens with one attached hydrogen (secondary N) is 3. The van der Waals surface area contributed by atoms with Gasteiger partial charge in [-0.2, -0.15) is 0 Å². The summed E-state index contributed by atoms with van der Waals surface area (Å²) in [5.74, 6) is -0.306. The predicted octanol–water partition coefficient (Wildman–Crippen LogP) is -0.723. The molecule has 2 heterocycles. The molecule has 0 spiro atoms. The first-order chi connectivity index (χ1) is 9.11. The van der Waals surface area contributed by atoms with Gasteiger partial charge in [0, 0.05) is 25.2 Å². The van der Waals surface area contributed by atoms with Gasteiger partial charge in [-0.05, 0) is 26.3 Å². The van der Waals surface area contributed by atoms with Crippen LogP contribution in [0.3, 0.4) is 0 Å². The number of H-pyrrole nitrogens is 2. The van der Waals surface area contributed by atoms with Crippen LogP contribution in [0.1, 0.15) is 30.3 Å². The number of aromatic nitrogens is 2. The summed E-state index contributed by atoms with van der Waals surface area (Å²) in [6, 6.07) is 1.23. The number of rotatable bonds is 3. The second-order valence-electron chi connectivity index (χ2n) is 4.59. The van der Waals surface area contributed by atoms with Crippen LogP contribution >= 0.6 is 0 Å². The molecule has 104 valence electrons. The smallest absolute Gasteiger partial charge is 0.326 e. The molecule has 7 heteroatoms. The second-order valence-corrected chi connectivity index (χ2v) is 4.59. The Morgan fingerprint density at radius 1 is 1.42 bits per heavy atom. The molecule has 3 N–H and O–H groups in total. The first kappa shape index (κ1) is 13.5. The Labute approximate surface area is 110 Å². The number of carbonyl (C=O) groups is 1. The van der Waals surface area contributed by atoms with Crippen LogP contribution in [-0.4, -0.2) is 46.5 Å². The molecule has 0 radical (unpaired) electrons. The van der Waals surface area contributed by atoms with Crippen molar-refractivity contribution < 1.29 is 4.79 Å². The third-order valence-electron chi connectivity index (χ3n) is 3.30. The molecule has 1 atom stereocenters. The third kappa shape index (κ3) is 3.11. The van der Waals surface area contributed by atoms with Crippen molar-refractivity contribution in [2.45, 2.75) is 25.8 Å². The summed E-state index contributed by atoms with van der Waals surface area (Å²) in [4.78, 5) is 40.9. The Morgan fingerprint density at radius 2 is 2.21 bits per heavy atom. The van der Waals surface area contributed by atoms with Crippen LogP contribution in [0, 0.1) is 0 Å². The summed E-state index contributed by atoms with van der Waals surface area (Å²) in [5.41, 5.74) is -1.18. The monoisotopic (exact) mass is 266 g/mol. The minimum atomic E-state index is -0.659. The Bertz CT molecular complexity index is 528. The number of aromatic amines is 2. The number of likely N-dealkylation sites (N-methyl/N-ethyl adjacent to an activating group) is 1. The molecule has 0 saturated carbocycles. The first-order valence-corrected chi connectivity index (χ1v) is 6.47.